The second kappa shape index (κ2) is 8.13. The number of aliphatic imine (C=N–C) groups is 1. The lowest BCUT2D eigenvalue weighted by molar-refractivity contribution is -0.00805. The van der Waals surface area contributed by atoms with Gasteiger partial charge in [-0.2, -0.15) is 5.10 Å². The normalized spacial score (nSPS) is 18.9. The number of thiophene rings is 1. The van der Waals surface area contributed by atoms with E-state index < -0.39 is 0 Å². The van der Waals surface area contributed by atoms with Crippen molar-refractivity contribution < 1.29 is 4.74 Å². The van der Waals surface area contributed by atoms with Crippen molar-refractivity contribution in [3.63, 3.8) is 0 Å². The average molecular weight is 412 g/mol. The molecule has 1 aliphatic heterocycles. The van der Waals surface area contributed by atoms with E-state index >= 15 is 0 Å². The first-order valence-corrected chi connectivity index (χ1v) is 9.69. The Hall–Kier alpha value is -1.38. The number of halogens is 1. The molecule has 0 aromatic carbocycles. The van der Waals surface area contributed by atoms with Crippen molar-refractivity contribution in [1.82, 2.24) is 20.0 Å². The van der Waals surface area contributed by atoms with Crippen LogP contribution in [0.2, 0.25) is 0 Å². The maximum absolute atomic E-state index is 5.92. The molecule has 1 atom stereocenters. The summed E-state index contributed by atoms with van der Waals surface area (Å²) in [7, 11) is 1.93. The van der Waals surface area contributed by atoms with Gasteiger partial charge in [0.2, 0.25) is 0 Å². The maximum atomic E-state index is 5.92. The van der Waals surface area contributed by atoms with Gasteiger partial charge in [0.1, 0.15) is 6.10 Å². The van der Waals surface area contributed by atoms with E-state index in [-0.39, 0.29) is 6.10 Å². The summed E-state index contributed by atoms with van der Waals surface area (Å²) in [4.78, 5) is 8.31. The van der Waals surface area contributed by atoms with Gasteiger partial charge in [0, 0.05) is 46.6 Å². The van der Waals surface area contributed by atoms with Gasteiger partial charge >= 0.3 is 0 Å². The van der Waals surface area contributed by atoms with Gasteiger partial charge in [0.15, 0.2) is 5.96 Å². The molecular formula is C16H22BrN5OS. The summed E-state index contributed by atoms with van der Waals surface area (Å²) in [6.07, 6.45) is 3.93. The van der Waals surface area contributed by atoms with E-state index in [1.165, 1.54) is 4.88 Å². The minimum Gasteiger partial charge on any atom is -0.370 e. The highest BCUT2D eigenvalue weighted by Crippen LogP contribution is 2.23. The van der Waals surface area contributed by atoms with Gasteiger partial charge < -0.3 is 15.0 Å². The molecular weight excluding hydrogens is 390 g/mol. The van der Waals surface area contributed by atoms with Crippen LogP contribution in [-0.2, 0) is 18.3 Å². The van der Waals surface area contributed by atoms with Crippen molar-refractivity contribution in [2.75, 3.05) is 26.2 Å². The molecule has 3 heterocycles. The van der Waals surface area contributed by atoms with Crippen LogP contribution in [0.1, 0.15) is 23.5 Å². The third-order valence-electron chi connectivity index (χ3n) is 3.80. The summed E-state index contributed by atoms with van der Waals surface area (Å²) in [5, 5.41) is 9.73. The standard InChI is InChI=1S/C16H22BrN5OS/c1-3-18-16(19-8-14-6-13(17)11-24-14)22-4-5-23-15(10-22)12-7-20-21(2)9-12/h6-7,9,11,15H,3-5,8,10H2,1-2H3,(H,18,19). The Morgan fingerprint density at radius 3 is 3.12 bits per heavy atom. The molecule has 0 spiro atoms. The minimum atomic E-state index is 0.0344. The zero-order valence-corrected chi connectivity index (χ0v) is 16.3. The van der Waals surface area contributed by atoms with Gasteiger partial charge in [0.25, 0.3) is 0 Å². The Labute approximate surface area is 154 Å². The van der Waals surface area contributed by atoms with Gasteiger partial charge in [-0.1, -0.05) is 0 Å². The van der Waals surface area contributed by atoms with Crippen LogP contribution in [0.15, 0.2) is 33.3 Å². The van der Waals surface area contributed by atoms with Crippen LogP contribution in [0, 0.1) is 0 Å². The van der Waals surface area contributed by atoms with Crippen LogP contribution in [-0.4, -0.2) is 46.9 Å². The summed E-state index contributed by atoms with van der Waals surface area (Å²) in [6.45, 7) is 5.95. The largest absolute Gasteiger partial charge is 0.370 e. The van der Waals surface area contributed by atoms with Crippen molar-refractivity contribution in [3.8, 4) is 0 Å². The van der Waals surface area contributed by atoms with Crippen molar-refractivity contribution in [1.29, 1.82) is 0 Å². The summed E-state index contributed by atoms with van der Waals surface area (Å²) >= 11 is 5.21. The summed E-state index contributed by atoms with van der Waals surface area (Å²) < 4.78 is 8.85. The average Bonchev–Trinajstić information content (AvgIpc) is 3.20. The molecule has 0 radical (unpaired) electrons. The predicted molar refractivity (Wildman–Crippen MR) is 100 cm³/mol. The third-order valence-corrected chi connectivity index (χ3v) is 5.49. The van der Waals surface area contributed by atoms with Crippen LogP contribution in [0.4, 0.5) is 0 Å². The lowest BCUT2D eigenvalue weighted by atomic mass is 10.1. The highest BCUT2D eigenvalue weighted by atomic mass is 79.9. The second-order valence-corrected chi connectivity index (χ2v) is 7.57. The molecule has 3 rings (SSSR count). The summed E-state index contributed by atoms with van der Waals surface area (Å²) in [5.74, 6) is 0.944. The van der Waals surface area contributed by atoms with Gasteiger partial charge in [-0.25, -0.2) is 4.99 Å². The Bertz CT molecular complexity index is 698. The first kappa shape index (κ1) is 17.4. The van der Waals surface area contributed by atoms with Gasteiger partial charge in [-0.15, -0.1) is 11.3 Å². The van der Waals surface area contributed by atoms with Crippen LogP contribution >= 0.6 is 27.3 Å². The summed E-state index contributed by atoms with van der Waals surface area (Å²) in [6, 6.07) is 2.12. The molecule has 6 nitrogen and oxygen atoms in total. The van der Waals surface area contributed by atoms with E-state index in [0.717, 1.165) is 35.6 Å². The lowest BCUT2D eigenvalue weighted by Crippen LogP contribution is -2.48. The lowest BCUT2D eigenvalue weighted by Gasteiger charge is -2.34. The molecule has 1 N–H and O–H groups in total. The quantitative estimate of drug-likeness (QED) is 0.620. The number of hydrogen-bond acceptors (Lipinski definition) is 4. The van der Waals surface area contributed by atoms with E-state index in [1.54, 1.807) is 11.3 Å². The molecule has 1 saturated heterocycles. The molecule has 0 aliphatic carbocycles. The number of ether oxygens (including phenoxy) is 1. The number of nitrogens with zero attached hydrogens (tertiary/aromatic N) is 4. The number of guanidine groups is 1. The number of rotatable bonds is 4. The molecule has 8 heteroatoms. The van der Waals surface area contributed by atoms with Crippen LogP contribution in [0.3, 0.4) is 0 Å². The van der Waals surface area contributed by atoms with Crippen molar-refractivity contribution >= 4 is 33.2 Å². The topological polar surface area (TPSA) is 54.7 Å². The molecule has 2 aromatic heterocycles. The number of hydrogen-bond donors (Lipinski definition) is 1. The molecule has 1 fully saturated rings. The van der Waals surface area contributed by atoms with Gasteiger partial charge in [-0.05, 0) is 28.9 Å². The molecule has 130 valence electrons. The molecule has 2 aromatic rings. The molecule has 24 heavy (non-hydrogen) atoms. The zero-order chi connectivity index (χ0) is 16.9. The maximum Gasteiger partial charge on any atom is 0.194 e. The fraction of sp³-hybridized carbons (Fsp3) is 0.500. The first-order chi connectivity index (χ1) is 11.7. The molecule has 1 unspecified atom stereocenters. The van der Waals surface area contributed by atoms with E-state index in [2.05, 4.69) is 49.6 Å². The Kier molecular flexibility index (Phi) is 5.91. The number of aryl methyl sites for hydroxylation is 1. The molecule has 1 aliphatic rings. The highest BCUT2D eigenvalue weighted by molar-refractivity contribution is 9.10. The van der Waals surface area contributed by atoms with Crippen molar-refractivity contribution in [2.24, 2.45) is 12.0 Å². The van der Waals surface area contributed by atoms with Crippen LogP contribution in [0.25, 0.3) is 0 Å². The third kappa shape index (κ3) is 4.37. The molecule has 0 saturated carbocycles. The van der Waals surface area contributed by atoms with Gasteiger partial charge in [0.05, 0.1) is 25.9 Å². The Morgan fingerprint density at radius 2 is 2.46 bits per heavy atom. The van der Waals surface area contributed by atoms with Crippen molar-refractivity contribution in [3.05, 3.63) is 38.8 Å². The fourth-order valence-electron chi connectivity index (χ4n) is 2.67. The van der Waals surface area contributed by atoms with Crippen molar-refractivity contribution in [2.45, 2.75) is 19.6 Å². The number of morpholine rings is 1. The molecule has 0 bridgehead atoms. The first-order valence-electron chi connectivity index (χ1n) is 8.02. The van der Waals surface area contributed by atoms with E-state index in [1.807, 2.05) is 24.1 Å². The Balaban J connectivity index is 1.70. The predicted octanol–water partition coefficient (Wildman–Crippen LogP) is 2.78. The van der Waals surface area contributed by atoms with Crippen LogP contribution < -0.4 is 5.32 Å². The van der Waals surface area contributed by atoms with Gasteiger partial charge in [-0.3, -0.25) is 4.68 Å². The highest BCUT2D eigenvalue weighted by Gasteiger charge is 2.25. The van der Waals surface area contributed by atoms with E-state index in [9.17, 15) is 0 Å². The van der Waals surface area contributed by atoms with Crippen LogP contribution in [0.5, 0.6) is 0 Å². The minimum absolute atomic E-state index is 0.0344. The monoisotopic (exact) mass is 411 g/mol. The van der Waals surface area contributed by atoms with E-state index in [0.29, 0.717) is 13.2 Å². The smallest absolute Gasteiger partial charge is 0.194 e. The van der Waals surface area contributed by atoms with E-state index in [4.69, 9.17) is 9.73 Å². The number of nitrogens with one attached hydrogen (secondary N) is 1. The second-order valence-electron chi connectivity index (χ2n) is 5.65. The molecule has 0 amide bonds. The zero-order valence-electron chi connectivity index (χ0n) is 13.9. The number of aromatic nitrogens is 2. The fourth-order valence-corrected chi connectivity index (χ4v) is 4.04. The summed E-state index contributed by atoms with van der Waals surface area (Å²) in [5.41, 5.74) is 1.11. The SMILES string of the molecule is CCNC(=NCc1cc(Br)cs1)N1CCOC(c2cnn(C)c2)C1. The Morgan fingerprint density at radius 1 is 1.58 bits per heavy atom.